The maximum Gasteiger partial charge on any atom is 0.263 e. The highest BCUT2D eigenvalue weighted by Gasteiger charge is 2.21. The number of sulfonamides is 1. The smallest absolute Gasteiger partial charge is 0.263 e. The van der Waals surface area contributed by atoms with E-state index in [1.807, 2.05) is 0 Å². The summed E-state index contributed by atoms with van der Waals surface area (Å²) in [4.78, 5) is -0.118. The Balaban J connectivity index is 2.44. The molecular formula is C12H8Cl3NO2S. The zero-order chi connectivity index (χ0) is 14.0. The molecule has 0 amide bonds. The van der Waals surface area contributed by atoms with Crippen molar-refractivity contribution >= 4 is 50.5 Å². The van der Waals surface area contributed by atoms with E-state index in [1.54, 1.807) is 30.3 Å². The molecule has 2 rings (SSSR count). The van der Waals surface area contributed by atoms with Gasteiger partial charge in [-0.25, -0.2) is 8.42 Å². The molecule has 0 aliphatic rings. The van der Waals surface area contributed by atoms with Crippen molar-refractivity contribution in [3.63, 3.8) is 0 Å². The number of anilines is 1. The fourth-order valence-electron chi connectivity index (χ4n) is 1.43. The second-order valence-electron chi connectivity index (χ2n) is 3.65. The highest BCUT2D eigenvalue weighted by atomic mass is 35.5. The molecule has 2 aromatic rings. The maximum absolute atomic E-state index is 12.2. The Morgan fingerprint density at radius 3 is 2.11 bits per heavy atom. The normalized spacial score (nSPS) is 11.3. The highest BCUT2D eigenvalue weighted by Crippen LogP contribution is 2.35. The van der Waals surface area contributed by atoms with Crippen molar-refractivity contribution in [2.24, 2.45) is 0 Å². The molecule has 0 spiro atoms. The van der Waals surface area contributed by atoms with Crippen molar-refractivity contribution in [2.45, 2.75) is 4.90 Å². The molecule has 0 heterocycles. The molecule has 0 unspecified atom stereocenters. The van der Waals surface area contributed by atoms with E-state index < -0.39 is 10.0 Å². The van der Waals surface area contributed by atoms with Gasteiger partial charge in [0.15, 0.2) is 0 Å². The average Bonchev–Trinajstić information content (AvgIpc) is 2.36. The lowest BCUT2D eigenvalue weighted by atomic mass is 10.3. The molecule has 1 N–H and O–H groups in total. The van der Waals surface area contributed by atoms with Crippen LogP contribution in [0.25, 0.3) is 0 Å². The second kappa shape index (κ2) is 5.59. The number of para-hydroxylation sites is 1. The fraction of sp³-hybridized carbons (Fsp3) is 0. The molecule has 0 saturated carbocycles. The number of nitrogens with one attached hydrogen (secondary N) is 1. The summed E-state index contributed by atoms with van der Waals surface area (Å²) in [6.45, 7) is 0. The van der Waals surface area contributed by atoms with E-state index in [0.717, 1.165) is 0 Å². The van der Waals surface area contributed by atoms with E-state index in [9.17, 15) is 8.42 Å². The van der Waals surface area contributed by atoms with Crippen LogP contribution in [-0.4, -0.2) is 8.42 Å². The third-order valence-electron chi connectivity index (χ3n) is 2.32. The molecule has 0 aromatic heterocycles. The molecule has 0 fully saturated rings. The summed E-state index contributed by atoms with van der Waals surface area (Å²) < 4.78 is 26.8. The van der Waals surface area contributed by atoms with Gasteiger partial charge in [-0.1, -0.05) is 53.0 Å². The van der Waals surface area contributed by atoms with Crippen molar-refractivity contribution in [2.75, 3.05) is 4.72 Å². The third kappa shape index (κ3) is 3.15. The van der Waals surface area contributed by atoms with Gasteiger partial charge in [0.1, 0.15) is 4.90 Å². The molecule has 7 heteroatoms. The van der Waals surface area contributed by atoms with Crippen LogP contribution in [0.2, 0.25) is 15.1 Å². The Morgan fingerprint density at radius 2 is 1.47 bits per heavy atom. The van der Waals surface area contributed by atoms with E-state index in [2.05, 4.69) is 4.72 Å². The van der Waals surface area contributed by atoms with E-state index in [4.69, 9.17) is 34.8 Å². The minimum Gasteiger partial charge on any atom is -0.280 e. The number of rotatable bonds is 3. The average molecular weight is 337 g/mol. The third-order valence-corrected chi connectivity index (χ3v) is 5.14. The summed E-state index contributed by atoms with van der Waals surface area (Å²) in [6.07, 6.45) is 0. The minimum absolute atomic E-state index is 0.0132. The quantitative estimate of drug-likeness (QED) is 0.842. The van der Waals surface area contributed by atoms with Crippen LogP contribution in [-0.2, 0) is 10.0 Å². The monoisotopic (exact) mass is 335 g/mol. The molecule has 100 valence electrons. The van der Waals surface area contributed by atoms with Gasteiger partial charge >= 0.3 is 0 Å². The summed E-state index contributed by atoms with van der Waals surface area (Å²) in [7, 11) is -3.81. The van der Waals surface area contributed by atoms with Crippen molar-refractivity contribution in [3.05, 3.63) is 57.5 Å². The standard InChI is InChI=1S/C12H8Cl3NO2S/c13-9-6-7-10(12(15)11(9)14)19(17,18)16-8-4-2-1-3-5-8/h1-7,16H. The Labute approximate surface area is 126 Å². The molecule has 3 nitrogen and oxygen atoms in total. The summed E-state index contributed by atoms with van der Waals surface area (Å²) in [5.41, 5.74) is 0.435. The molecular weight excluding hydrogens is 329 g/mol. The number of hydrogen-bond acceptors (Lipinski definition) is 2. The molecule has 19 heavy (non-hydrogen) atoms. The summed E-state index contributed by atoms with van der Waals surface area (Å²) in [5, 5.41) is 0.113. The van der Waals surface area contributed by atoms with Gasteiger partial charge in [0, 0.05) is 5.69 Å². The van der Waals surface area contributed by atoms with E-state index >= 15 is 0 Å². The number of halogens is 3. The first-order valence-corrected chi connectivity index (χ1v) is 7.75. The largest absolute Gasteiger partial charge is 0.280 e. The first-order valence-electron chi connectivity index (χ1n) is 5.13. The van der Waals surface area contributed by atoms with Gasteiger partial charge in [-0.15, -0.1) is 0 Å². The Hall–Kier alpha value is -0.940. The van der Waals surface area contributed by atoms with Gasteiger partial charge < -0.3 is 0 Å². The molecule has 0 atom stereocenters. The van der Waals surface area contributed by atoms with Crippen LogP contribution < -0.4 is 4.72 Å². The first-order chi connectivity index (χ1) is 8.92. The second-order valence-corrected chi connectivity index (χ2v) is 6.46. The summed E-state index contributed by atoms with van der Waals surface area (Å²) >= 11 is 17.5. The molecule has 0 aliphatic heterocycles. The maximum atomic E-state index is 12.2. The van der Waals surface area contributed by atoms with Gasteiger partial charge in [0.25, 0.3) is 10.0 Å². The lowest BCUT2D eigenvalue weighted by Gasteiger charge is -2.10. The molecule has 0 aliphatic carbocycles. The molecule has 2 aromatic carbocycles. The van der Waals surface area contributed by atoms with Crippen LogP contribution in [0, 0.1) is 0 Å². The van der Waals surface area contributed by atoms with Crippen molar-refractivity contribution in [1.82, 2.24) is 0 Å². The van der Waals surface area contributed by atoms with Crippen LogP contribution in [0.4, 0.5) is 5.69 Å². The first kappa shape index (κ1) is 14.5. The Bertz CT molecular complexity index is 702. The van der Waals surface area contributed by atoms with E-state index in [1.165, 1.54) is 12.1 Å². The molecule has 0 bridgehead atoms. The number of hydrogen-bond donors (Lipinski definition) is 1. The van der Waals surface area contributed by atoms with Crippen LogP contribution in [0.3, 0.4) is 0 Å². The van der Waals surface area contributed by atoms with Crippen LogP contribution >= 0.6 is 34.8 Å². The number of benzene rings is 2. The van der Waals surface area contributed by atoms with Gasteiger partial charge in [-0.2, -0.15) is 0 Å². The molecule has 0 radical (unpaired) electrons. The molecule has 0 saturated heterocycles. The fourth-order valence-corrected chi connectivity index (χ4v) is 3.47. The predicted octanol–water partition coefficient (Wildman–Crippen LogP) is 4.45. The lowest BCUT2D eigenvalue weighted by Crippen LogP contribution is -2.13. The van der Waals surface area contributed by atoms with Gasteiger partial charge in [0.2, 0.25) is 0 Å². The SMILES string of the molecule is O=S(=O)(Nc1ccccc1)c1ccc(Cl)c(Cl)c1Cl. The lowest BCUT2D eigenvalue weighted by molar-refractivity contribution is 0.601. The van der Waals surface area contributed by atoms with E-state index in [0.29, 0.717) is 5.69 Å². The minimum atomic E-state index is -3.81. The van der Waals surface area contributed by atoms with Gasteiger partial charge in [0.05, 0.1) is 15.1 Å². The zero-order valence-electron chi connectivity index (χ0n) is 9.40. The Kier molecular flexibility index (Phi) is 4.26. The Morgan fingerprint density at radius 1 is 0.842 bits per heavy atom. The van der Waals surface area contributed by atoms with E-state index in [-0.39, 0.29) is 20.0 Å². The van der Waals surface area contributed by atoms with Crippen molar-refractivity contribution < 1.29 is 8.42 Å². The summed E-state index contributed by atoms with van der Waals surface area (Å²) in [6, 6.07) is 11.2. The van der Waals surface area contributed by atoms with Gasteiger partial charge in [-0.3, -0.25) is 4.72 Å². The predicted molar refractivity (Wildman–Crippen MR) is 78.7 cm³/mol. The van der Waals surface area contributed by atoms with Crippen LogP contribution in [0.5, 0.6) is 0 Å². The summed E-state index contributed by atoms with van der Waals surface area (Å²) in [5.74, 6) is 0. The van der Waals surface area contributed by atoms with Crippen LogP contribution in [0.15, 0.2) is 47.4 Å². The van der Waals surface area contributed by atoms with Crippen molar-refractivity contribution in [3.8, 4) is 0 Å². The van der Waals surface area contributed by atoms with Gasteiger partial charge in [-0.05, 0) is 24.3 Å². The van der Waals surface area contributed by atoms with Crippen molar-refractivity contribution in [1.29, 1.82) is 0 Å². The zero-order valence-corrected chi connectivity index (χ0v) is 12.5. The topological polar surface area (TPSA) is 46.2 Å². The van der Waals surface area contributed by atoms with Crippen LogP contribution in [0.1, 0.15) is 0 Å². The highest BCUT2D eigenvalue weighted by molar-refractivity contribution is 7.92.